The van der Waals surface area contributed by atoms with Crippen LogP contribution in [0.4, 0.5) is 14.6 Å². The summed E-state index contributed by atoms with van der Waals surface area (Å²) in [6, 6.07) is 4.42. The smallest absolute Gasteiger partial charge is 0.272 e. The van der Waals surface area contributed by atoms with Crippen LogP contribution in [0.15, 0.2) is 30.6 Å². The number of aryl methyl sites for hydroxylation is 1. The van der Waals surface area contributed by atoms with Gasteiger partial charge in [-0.1, -0.05) is 0 Å². The van der Waals surface area contributed by atoms with Gasteiger partial charge in [-0.25, -0.2) is 13.8 Å². The topological polar surface area (TPSA) is 80.9 Å². The van der Waals surface area contributed by atoms with Crippen molar-refractivity contribution in [3.05, 3.63) is 53.0 Å². The molecule has 3 N–H and O–H groups in total. The van der Waals surface area contributed by atoms with Gasteiger partial charge in [0.1, 0.15) is 5.82 Å². The molecule has 0 radical (unpaired) electrons. The van der Waals surface area contributed by atoms with Gasteiger partial charge in [0.15, 0.2) is 0 Å². The first-order chi connectivity index (χ1) is 10.3. The van der Waals surface area contributed by atoms with Crippen LogP contribution in [0, 0.1) is 6.92 Å². The maximum Gasteiger partial charge on any atom is 0.272 e. The highest BCUT2D eigenvalue weighted by atomic mass is 19.3. The predicted octanol–water partition coefficient (Wildman–Crippen LogP) is 2.41. The van der Waals surface area contributed by atoms with Crippen LogP contribution in [0.2, 0.25) is 0 Å². The molecule has 0 aromatic carbocycles. The summed E-state index contributed by atoms with van der Waals surface area (Å²) in [7, 11) is 0. The standard InChI is InChI=1S/C15H16F2N4O/c1-9-5-6-19-13(18)12(9)14(22)21-8-11-4-3-10(7-20-11)15(2,16)17/h3-7H,8H2,1-2H3,(H2,18,19)(H,21,22). The van der Waals surface area contributed by atoms with Crippen LogP contribution in [0.1, 0.15) is 34.1 Å². The summed E-state index contributed by atoms with van der Waals surface area (Å²) in [5.41, 5.74) is 7.00. The van der Waals surface area contributed by atoms with Gasteiger partial charge in [-0.3, -0.25) is 9.78 Å². The number of amides is 1. The number of nitrogens with zero attached hydrogens (tertiary/aromatic N) is 2. The van der Waals surface area contributed by atoms with Gasteiger partial charge in [0, 0.05) is 24.9 Å². The summed E-state index contributed by atoms with van der Waals surface area (Å²) in [5.74, 6) is -3.17. The number of carbonyl (C=O) groups excluding carboxylic acids is 1. The fourth-order valence-electron chi connectivity index (χ4n) is 1.92. The lowest BCUT2D eigenvalue weighted by Crippen LogP contribution is -2.25. The zero-order chi connectivity index (χ0) is 16.3. The van der Waals surface area contributed by atoms with Crippen molar-refractivity contribution in [3.8, 4) is 0 Å². The minimum absolute atomic E-state index is 0.113. The number of hydrogen-bond donors (Lipinski definition) is 2. The fourth-order valence-corrected chi connectivity index (χ4v) is 1.92. The van der Waals surface area contributed by atoms with Gasteiger partial charge in [0.05, 0.1) is 17.8 Å². The van der Waals surface area contributed by atoms with Crippen molar-refractivity contribution in [3.63, 3.8) is 0 Å². The molecule has 0 aliphatic rings. The Morgan fingerprint density at radius 2 is 2.05 bits per heavy atom. The number of halogens is 2. The van der Waals surface area contributed by atoms with E-state index in [9.17, 15) is 13.6 Å². The number of rotatable bonds is 4. The molecule has 0 spiro atoms. The van der Waals surface area contributed by atoms with E-state index >= 15 is 0 Å². The molecule has 0 atom stereocenters. The summed E-state index contributed by atoms with van der Waals surface area (Å²) in [6.07, 6.45) is 2.62. The first-order valence-electron chi connectivity index (χ1n) is 6.61. The Balaban J connectivity index is 2.06. The molecular weight excluding hydrogens is 290 g/mol. The number of pyridine rings is 2. The van der Waals surface area contributed by atoms with Crippen molar-refractivity contribution < 1.29 is 13.6 Å². The number of aromatic nitrogens is 2. The Morgan fingerprint density at radius 1 is 1.32 bits per heavy atom. The molecule has 2 aromatic rings. The quantitative estimate of drug-likeness (QED) is 0.909. The van der Waals surface area contributed by atoms with E-state index < -0.39 is 5.92 Å². The normalized spacial score (nSPS) is 11.3. The van der Waals surface area contributed by atoms with Gasteiger partial charge in [-0.15, -0.1) is 0 Å². The summed E-state index contributed by atoms with van der Waals surface area (Å²) in [5, 5.41) is 2.65. The Kier molecular flexibility index (Phi) is 4.35. The maximum absolute atomic E-state index is 13.1. The number of nitrogens with one attached hydrogen (secondary N) is 1. The molecular formula is C15H16F2N4O. The monoisotopic (exact) mass is 306 g/mol. The zero-order valence-electron chi connectivity index (χ0n) is 12.2. The Morgan fingerprint density at radius 3 is 2.59 bits per heavy atom. The molecule has 0 bridgehead atoms. The van der Waals surface area contributed by atoms with E-state index in [-0.39, 0.29) is 23.8 Å². The van der Waals surface area contributed by atoms with Crippen LogP contribution in [0.3, 0.4) is 0 Å². The molecule has 5 nitrogen and oxygen atoms in total. The highest BCUT2D eigenvalue weighted by molar-refractivity contribution is 5.99. The molecule has 1 amide bonds. The minimum Gasteiger partial charge on any atom is -0.383 e. The zero-order valence-corrected chi connectivity index (χ0v) is 12.2. The molecule has 2 heterocycles. The molecule has 116 valence electrons. The SMILES string of the molecule is Cc1ccnc(N)c1C(=O)NCc1ccc(C(C)(F)F)cn1. The van der Waals surface area contributed by atoms with Gasteiger partial charge in [0.25, 0.3) is 11.8 Å². The molecule has 2 aromatic heterocycles. The Hall–Kier alpha value is -2.57. The van der Waals surface area contributed by atoms with Crippen molar-refractivity contribution in [2.75, 3.05) is 5.73 Å². The third-order valence-corrected chi connectivity index (χ3v) is 3.18. The number of anilines is 1. The van der Waals surface area contributed by atoms with Gasteiger partial charge >= 0.3 is 0 Å². The number of nitrogen functional groups attached to an aromatic ring is 1. The Bertz CT molecular complexity index is 661. The van der Waals surface area contributed by atoms with Gasteiger partial charge < -0.3 is 11.1 Å². The molecule has 0 fully saturated rings. The lowest BCUT2D eigenvalue weighted by molar-refractivity contribution is 0.0171. The fraction of sp³-hybridized carbons (Fsp3) is 0.267. The lowest BCUT2D eigenvalue weighted by Gasteiger charge is -2.11. The summed E-state index contributed by atoms with van der Waals surface area (Å²) < 4.78 is 26.2. The number of alkyl halides is 2. The average Bonchev–Trinajstić information content (AvgIpc) is 2.44. The van der Waals surface area contributed by atoms with Gasteiger partial charge in [0.2, 0.25) is 0 Å². The van der Waals surface area contributed by atoms with E-state index in [2.05, 4.69) is 15.3 Å². The van der Waals surface area contributed by atoms with E-state index in [0.717, 1.165) is 13.1 Å². The second kappa shape index (κ2) is 6.05. The van der Waals surface area contributed by atoms with Crippen molar-refractivity contribution in [1.82, 2.24) is 15.3 Å². The third kappa shape index (κ3) is 3.55. The summed E-state index contributed by atoms with van der Waals surface area (Å²) >= 11 is 0. The number of nitrogens with two attached hydrogens (primary N) is 1. The molecule has 0 saturated heterocycles. The second-order valence-corrected chi connectivity index (χ2v) is 5.00. The van der Waals surface area contributed by atoms with Gasteiger partial charge in [-0.2, -0.15) is 0 Å². The summed E-state index contributed by atoms with van der Waals surface area (Å²) in [6.45, 7) is 2.67. The highest BCUT2D eigenvalue weighted by Crippen LogP contribution is 2.25. The number of carbonyl (C=O) groups is 1. The van der Waals surface area contributed by atoms with Crippen LogP contribution in [0.5, 0.6) is 0 Å². The van der Waals surface area contributed by atoms with Crippen LogP contribution in [-0.2, 0) is 12.5 Å². The molecule has 2 rings (SSSR count). The summed E-state index contributed by atoms with van der Waals surface area (Å²) in [4.78, 5) is 19.9. The van der Waals surface area contributed by atoms with E-state index in [0.29, 0.717) is 16.8 Å². The average molecular weight is 306 g/mol. The first-order valence-corrected chi connectivity index (χ1v) is 6.61. The van der Waals surface area contributed by atoms with Gasteiger partial charge in [-0.05, 0) is 30.7 Å². The van der Waals surface area contributed by atoms with Crippen LogP contribution < -0.4 is 11.1 Å². The van der Waals surface area contributed by atoms with Crippen molar-refractivity contribution in [1.29, 1.82) is 0 Å². The predicted molar refractivity (Wildman–Crippen MR) is 78.4 cm³/mol. The third-order valence-electron chi connectivity index (χ3n) is 3.18. The molecule has 0 saturated carbocycles. The van der Waals surface area contributed by atoms with Crippen molar-refractivity contribution >= 4 is 11.7 Å². The first kappa shape index (κ1) is 15.8. The highest BCUT2D eigenvalue weighted by Gasteiger charge is 2.24. The largest absolute Gasteiger partial charge is 0.383 e. The molecule has 0 unspecified atom stereocenters. The molecule has 7 heteroatoms. The van der Waals surface area contributed by atoms with Crippen LogP contribution in [-0.4, -0.2) is 15.9 Å². The van der Waals surface area contributed by atoms with E-state index in [1.165, 1.54) is 18.3 Å². The van der Waals surface area contributed by atoms with Crippen LogP contribution >= 0.6 is 0 Å². The maximum atomic E-state index is 13.1. The lowest BCUT2D eigenvalue weighted by atomic mass is 10.1. The van der Waals surface area contributed by atoms with E-state index in [1.54, 1.807) is 13.0 Å². The van der Waals surface area contributed by atoms with Crippen molar-refractivity contribution in [2.24, 2.45) is 0 Å². The van der Waals surface area contributed by atoms with Crippen molar-refractivity contribution in [2.45, 2.75) is 26.3 Å². The second-order valence-electron chi connectivity index (χ2n) is 5.00. The van der Waals surface area contributed by atoms with E-state index in [4.69, 9.17) is 5.73 Å². The van der Waals surface area contributed by atoms with E-state index in [1.807, 2.05) is 0 Å². The Labute approximate surface area is 126 Å². The minimum atomic E-state index is -2.93. The molecule has 22 heavy (non-hydrogen) atoms. The molecule has 0 aliphatic carbocycles. The number of hydrogen-bond acceptors (Lipinski definition) is 4. The van der Waals surface area contributed by atoms with Crippen LogP contribution in [0.25, 0.3) is 0 Å². The molecule has 0 aliphatic heterocycles.